The van der Waals surface area contributed by atoms with Crippen LogP contribution in [0.5, 0.6) is 0 Å². The van der Waals surface area contributed by atoms with Crippen molar-refractivity contribution < 1.29 is 4.39 Å². The fourth-order valence-electron chi connectivity index (χ4n) is 1.68. The number of rotatable bonds is 1. The normalized spacial score (nSPS) is 31.0. The number of H-pyrrole nitrogens is 1. The molecule has 0 unspecified atom stereocenters. The summed E-state index contributed by atoms with van der Waals surface area (Å²) in [7, 11) is 0. The Balaban J connectivity index is 2.08. The summed E-state index contributed by atoms with van der Waals surface area (Å²) in [6.45, 7) is 0. The summed E-state index contributed by atoms with van der Waals surface area (Å²) < 4.78 is 12.7. The first-order chi connectivity index (χ1) is 5.36. The number of nitrogens with zero attached hydrogens (tertiary/aromatic N) is 1. The summed E-state index contributed by atoms with van der Waals surface area (Å²) in [5.74, 6) is 1.28. The molecule has 1 aromatic rings. The summed E-state index contributed by atoms with van der Waals surface area (Å²) in [6.07, 6.45) is 5.19. The first kappa shape index (κ1) is 6.83. The van der Waals surface area contributed by atoms with Crippen LogP contribution in [-0.2, 0) is 0 Å². The van der Waals surface area contributed by atoms with Gasteiger partial charge in [-0.2, -0.15) is 0 Å². The second-order valence-electron chi connectivity index (χ2n) is 3.08. The third-order valence-corrected chi connectivity index (χ3v) is 2.27. The van der Waals surface area contributed by atoms with E-state index in [1.54, 1.807) is 12.4 Å². The molecule has 1 heterocycles. The molecule has 0 bridgehead atoms. The van der Waals surface area contributed by atoms with Crippen molar-refractivity contribution in [1.29, 1.82) is 0 Å². The Morgan fingerprint density at radius 1 is 1.55 bits per heavy atom. The average Bonchev–Trinajstić information content (AvgIpc) is 2.55. The lowest BCUT2D eigenvalue weighted by atomic mass is 10.1. The molecular formula is C8H11FN2. The summed E-state index contributed by atoms with van der Waals surface area (Å²) in [4.78, 5) is 7.13. The van der Waals surface area contributed by atoms with Crippen molar-refractivity contribution in [1.82, 2.24) is 9.97 Å². The standard InChI is InChI=1S/C8H11FN2/c9-7-2-1-6(5-7)8-10-3-4-11-8/h3-4,6-7H,1-2,5H2,(H,10,11)/t6-,7+/m0/s1. The third kappa shape index (κ3) is 1.27. The van der Waals surface area contributed by atoms with Crippen LogP contribution in [0, 0.1) is 0 Å². The molecule has 0 aromatic carbocycles. The molecule has 0 saturated heterocycles. The minimum atomic E-state index is -0.606. The van der Waals surface area contributed by atoms with Crippen LogP contribution >= 0.6 is 0 Å². The van der Waals surface area contributed by atoms with Crippen LogP contribution in [-0.4, -0.2) is 16.1 Å². The summed E-state index contributed by atoms with van der Waals surface area (Å²) in [6, 6.07) is 0. The molecule has 1 fully saturated rings. The number of imidazole rings is 1. The lowest BCUT2D eigenvalue weighted by Gasteiger charge is -2.02. The summed E-state index contributed by atoms with van der Waals surface area (Å²) in [5, 5.41) is 0. The number of aromatic nitrogens is 2. The van der Waals surface area contributed by atoms with Crippen LogP contribution in [0.1, 0.15) is 31.0 Å². The van der Waals surface area contributed by atoms with Crippen molar-refractivity contribution in [2.45, 2.75) is 31.4 Å². The van der Waals surface area contributed by atoms with E-state index >= 15 is 0 Å². The van der Waals surface area contributed by atoms with Crippen LogP contribution in [0.2, 0.25) is 0 Å². The molecule has 0 spiro atoms. The van der Waals surface area contributed by atoms with E-state index in [0.717, 1.165) is 12.2 Å². The van der Waals surface area contributed by atoms with Gasteiger partial charge in [-0.1, -0.05) is 0 Å². The van der Waals surface area contributed by atoms with Crippen molar-refractivity contribution >= 4 is 0 Å². The molecule has 1 aliphatic rings. The zero-order chi connectivity index (χ0) is 7.68. The number of hydrogen-bond donors (Lipinski definition) is 1. The van der Waals surface area contributed by atoms with Gasteiger partial charge in [0.15, 0.2) is 0 Å². The van der Waals surface area contributed by atoms with E-state index in [1.807, 2.05) is 0 Å². The Labute approximate surface area is 64.8 Å². The second kappa shape index (κ2) is 2.64. The zero-order valence-electron chi connectivity index (χ0n) is 6.26. The van der Waals surface area contributed by atoms with Gasteiger partial charge in [0.1, 0.15) is 12.0 Å². The maximum atomic E-state index is 12.7. The predicted octanol–water partition coefficient (Wildman–Crippen LogP) is 2.02. The van der Waals surface area contributed by atoms with E-state index in [0.29, 0.717) is 18.8 Å². The Morgan fingerprint density at radius 2 is 2.45 bits per heavy atom. The highest BCUT2D eigenvalue weighted by Crippen LogP contribution is 2.33. The number of hydrogen-bond acceptors (Lipinski definition) is 1. The van der Waals surface area contributed by atoms with Gasteiger partial charge in [0, 0.05) is 18.3 Å². The third-order valence-electron chi connectivity index (χ3n) is 2.27. The monoisotopic (exact) mass is 154 g/mol. The molecule has 0 radical (unpaired) electrons. The van der Waals surface area contributed by atoms with Gasteiger partial charge < -0.3 is 4.98 Å². The smallest absolute Gasteiger partial charge is 0.109 e. The highest BCUT2D eigenvalue weighted by Gasteiger charge is 2.26. The van der Waals surface area contributed by atoms with E-state index < -0.39 is 6.17 Å². The maximum absolute atomic E-state index is 12.7. The van der Waals surface area contributed by atoms with E-state index in [4.69, 9.17) is 0 Å². The van der Waals surface area contributed by atoms with E-state index in [9.17, 15) is 4.39 Å². The molecule has 0 amide bonds. The first-order valence-corrected chi connectivity index (χ1v) is 3.99. The predicted molar refractivity (Wildman–Crippen MR) is 40.1 cm³/mol. The number of alkyl halides is 1. The van der Waals surface area contributed by atoms with Gasteiger partial charge in [0.2, 0.25) is 0 Å². The fourth-order valence-corrected chi connectivity index (χ4v) is 1.68. The largest absolute Gasteiger partial charge is 0.348 e. The van der Waals surface area contributed by atoms with E-state index in [2.05, 4.69) is 9.97 Å². The molecular weight excluding hydrogens is 143 g/mol. The summed E-state index contributed by atoms with van der Waals surface area (Å²) >= 11 is 0. The molecule has 1 aromatic heterocycles. The Morgan fingerprint density at radius 3 is 3.00 bits per heavy atom. The van der Waals surface area contributed by atoms with Crippen molar-refractivity contribution in [3.8, 4) is 0 Å². The van der Waals surface area contributed by atoms with Gasteiger partial charge in [-0.15, -0.1) is 0 Å². The van der Waals surface area contributed by atoms with Gasteiger partial charge in [0.25, 0.3) is 0 Å². The lowest BCUT2D eigenvalue weighted by molar-refractivity contribution is 0.338. The van der Waals surface area contributed by atoms with Crippen LogP contribution < -0.4 is 0 Å². The molecule has 3 heteroatoms. The average molecular weight is 154 g/mol. The van der Waals surface area contributed by atoms with Crippen molar-refractivity contribution in [3.63, 3.8) is 0 Å². The molecule has 2 rings (SSSR count). The molecule has 2 nitrogen and oxygen atoms in total. The SMILES string of the molecule is F[C@@H]1CC[C@H](c2ncc[nH]2)C1. The highest BCUT2D eigenvalue weighted by molar-refractivity contribution is 5.00. The Kier molecular flexibility index (Phi) is 1.64. The number of halogens is 1. The topological polar surface area (TPSA) is 28.7 Å². The van der Waals surface area contributed by atoms with Crippen LogP contribution in [0.15, 0.2) is 12.4 Å². The van der Waals surface area contributed by atoms with Crippen LogP contribution in [0.25, 0.3) is 0 Å². The summed E-state index contributed by atoms with van der Waals surface area (Å²) in [5.41, 5.74) is 0. The van der Waals surface area contributed by atoms with Crippen molar-refractivity contribution in [2.24, 2.45) is 0 Å². The number of aromatic amines is 1. The van der Waals surface area contributed by atoms with E-state index in [-0.39, 0.29) is 0 Å². The van der Waals surface area contributed by atoms with Gasteiger partial charge in [-0.3, -0.25) is 0 Å². The van der Waals surface area contributed by atoms with Gasteiger partial charge in [0.05, 0.1) is 0 Å². The van der Waals surface area contributed by atoms with Gasteiger partial charge >= 0.3 is 0 Å². The number of nitrogens with one attached hydrogen (secondary N) is 1. The second-order valence-corrected chi connectivity index (χ2v) is 3.08. The minimum Gasteiger partial charge on any atom is -0.348 e. The van der Waals surface area contributed by atoms with Crippen LogP contribution in [0.3, 0.4) is 0 Å². The molecule has 1 saturated carbocycles. The van der Waals surface area contributed by atoms with Crippen molar-refractivity contribution in [2.75, 3.05) is 0 Å². The zero-order valence-corrected chi connectivity index (χ0v) is 6.26. The molecule has 0 aliphatic heterocycles. The maximum Gasteiger partial charge on any atom is 0.109 e. The molecule has 60 valence electrons. The minimum absolute atomic E-state index is 0.333. The Hall–Kier alpha value is -0.860. The van der Waals surface area contributed by atoms with Gasteiger partial charge in [-0.25, -0.2) is 9.37 Å². The van der Waals surface area contributed by atoms with Gasteiger partial charge in [-0.05, 0) is 19.3 Å². The fraction of sp³-hybridized carbons (Fsp3) is 0.625. The molecule has 2 atom stereocenters. The van der Waals surface area contributed by atoms with E-state index in [1.165, 1.54) is 0 Å². The highest BCUT2D eigenvalue weighted by atomic mass is 19.1. The quantitative estimate of drug-likeness (QED) is 0.658. The van der Waals surface area contributed by atoms with Crippen LogP contribution in [0.4, 0.5) is 4.39 Å². The first-order valence-electron chi connectivity index (χ1n) is 3.99. The Bertz CT molecular complexity index is 220. The lowest BCUT2D eigenvalue weighted by Crippen LogP contribution is -1.96. The van der Waals surface area contributed by atoms with Crippen molar-refractivity contribution in [3.05, 3.63) is 18.2 Å². The molecule has 1 aliphatic carbocycles. The molecule has 1 N–H and O–H groups in total. The molecule has 11 heavy (non-hydrogen) atoms.